The van der Waals surface area contributed by atoms with Gasteiger partial charge in [-0.25, -0.2) is 0 Å². The molecular formula is C16H25ClOZr. The van der Waals surface area contributed by atoms with Crippen LogP contribution in [-0.4, -0.2) is 0 Å². The SMILES string of the molecule is CCC(C)(C)c1ccc([O-])c(C(C)(C)CC)c1.[Cl-].[Zr+2]. The molecule has 0 saturated heterocycles. The van der Waals surface area contributed by atoms with Crippen LogP contribution in [0.5, 0.6) is 5.75 Å². The van der Waals surface area contributed by atoms with Crippen molar-refractivity contribution in [3.05, 3.63) is 29.3 Å². The first kappa shape index (κ1) is 21.5. The fourth-order valence-electron chi connectivity index (χ4n) is 1.87. The molecule has 3 heteroatoms. The van der Waals surface area contributed by atoms with Gasteiger partial charge in [0.25, 0.3) is 0 Å². The van der Waals surface area contributed by atoms with Crippen LogP contribution < -0.4 is 17.5 Å². The minimum absolute atomic E-state index is 0. The molecule has 0 aromatic heterocycles. The largest absolute Gasteiger partial charge is 2.00 e. The first-order chi connectivity index (χ1) is 7.74. The maximum absolute atomic E-state index is 12.0. The van der Waals surface area contributed by atoms with E-state index in [-0.39, 0.29) is 55.2 Å². The summed E-state index contributed by atoms with van der Waals surface area (Å²) in [5.41, 5.74) is 2.35. The summed E-state index contributed by atoms with van der Waals surface area (Å²) in [6, 6.07) is 5.84. The van der Waals surface area contributed by atoms with Gasteiger partial charge < -0.3 is 17.5 Å². The molecule has 0 aliphatic carbocycles. The molecule has 0 atom stereocenters. The Morgan fingerprint density at radius 1 is 0.947 bits per heavy atom. The fourth-order valence-corrected chi connectivity index (χ4v) is 1.87. The molecule has 0 N–H and O–H groups in total. The van der Waals surface area contributed by atoms with Gasteiger partial charge in [0, 0.05) is 0 Å². The standard InChI is InChI=1S/C16H26O.ClH.Zr/c1-7-15(3,4)12-9-10-14(17)13(11-12)16(5,6)8-2;;/h9-11,17H,7-8H2,1-6H3;1H;/q;;+2/p-2. The summed E-state index contributed by atoms with van der Waals surface area (Å²) >= 11 is 0. The molecule has 0 amide bonds. The van der Waals surface area contributed by atoms with Gasteiger partial charge >= 0.3 is 26.2 Å². The first-order valence-corrected chi connectivity index (χ1v) is 6.56. The van der Waals surface area contributed by atoms with Crippen molar-refractivity contribution in [1.29, 1.82) is 0 Å². The number of halogens is 1. The van der Waals surface area contributed by atoms with Gasteiger partial charge in [-0.1, -0.05) is 59.7 Å². The van der Waals surface area contributed by atoms with Crippen LogP contribution in [0.3, 0.4) is 0 Å². The maximum atomic E-state index is 12.0. The smallest absolute Gasteiger partial charge is 1.00 e. The van der Waals surface area contributed by atoms with Gasteiger partial charge in [0.15, 0.2) is 0 Å². The van der Waals surface area contributed by atoms with Gasteiger partial charge in [0.05, 0.1) is 0 Å². The Morgan fingerprint density at radius 2 is 1.42 bits per heavy atom. The zero-order valence-corrected chi connectivity index (χ0v) is 16.1. The van der Waals surface area contributed by atoms with Crippen LogP contribution in [-0.2, 0) is 37.0 Å². The molecule has 0 bridgehead atoms. The number of hydrogen-bond acceptors (Lipinski definition) is 1. The number of hydrogen-bond donors (Lipinski definition) is 0. The third-order valence-electron chi connectivity index (χ3n) is 4.26. The van der Waals surface area contributed by atoms with E-state index in [4.69, 9.17) is 0 Å². The molecule has 0 spiro atoms. The minimum Gasteiger partial charge on any atom is -1.00 e. The van der Waals surface area contributed by atoms with Gasteiger partial charge in [0.2, 0.25) is 0 Å². The second-order valence-corrected chi connectivity index (χ2v) is 6.19. The molecule has 0 aliphatic rings. The maximum Gasteiger partial charge on any atom is 2.00 e. The van der Waals surface area contributed by atoms with Gasteiger partial charge in [-0.2, -0.15) is 0 Å². The minimum atomic E-state index is -0.0308. The van der Waals surface area contributed by atoms with Gasteiger partial charge in [0.1, 0.15) is 0 Å². The molecule has 0 fully saturated rings. The Labute approximate surface area is 143 Å². The zero-order valence-electron chi connectivity index (χ0n) is 12.9. The summed E-state index contributed by atoms with van der Waals surface area (Å²) in [4.78, 5) is 0. The van der Waals surface area contributed by atoms with E-state index in [9.17, 15) is 5.11 Å². The number of rotatable bonds is 4. The summed E-state index contributed by atoms with van der Waals surface area (Å²) in [6.45, 7) is 13.1. The molecule has 0 radical (unpaired) electrons. The molecular weight excluding hydrogens is 335 g/mol. The van der Waals surface area contributed by atoms with Gasteiger partial charge in [-0.15, -0.1) is 5.75 Å². The second-order valence-electron chi connectivity index (χ2n) is 6.19. The van der Waals surface area contributed by atoms with Crippen LogP contribution in [0.15, 0.2) is 18.2 Å². The Balaban J connectivity index is 0. The van der Waals surface area contributed by atoms with E-state index in [1.165, 1.54) is 5.56 Å². The van der Waals surface area contributed by atoms with E-state index in [0.717, 1.165) is 18.4 Å². The molecule has 1 aromatic rings. The molecule has 1 rings (SSSR count). The molecule has 106 valence electrons. The van der Waals surface area contributed by atoms with Crippen LogP contribution in [0.25, 0.3) is 0 Å². The van der Waals surface area contributed by atoms with Crippen molar-refractivity contribution >= 4 is 0 Å². The monoisotopic (exact) mass is 358 g/mol. The number of benzene rings is 1. The van der Waals surface area contributed by atoms with E-state index in [1.807, 2.05) is 6.07 Å². The molecule has 1 aromatic carbocycles. The van der Waals surface area contributed by atoms with Gasteiger partial charge in [-0.3, -0.25) is 0 Å². The zero-order chi connectivity index (χ0) is 13.3. The average molecular weight is 360 g/mol. The van der Waals surface area contributed by atoms with Crippen molar-refractivity contribution in [3.8, 4) is 5.75 Å². The van der Waals surface area contributed by atoms with Crippen molar-refractivity contribution in [2.45, 2.75) is 65.2 Å². The summed E-state index contributed by atoms with van der Waals surface area (Å²) in [6.07, 6.45) is 2.06. The van der Waals surface area contributed by atoms with Crippen LogP contribution in [0.2, 0.25) is 0 Å². The van der Waals surface area contributed by atoms with Crippen LogP contribution >= 0.6 is 0 Å². The van der Waals surface area contributed by atoms with E-state index < -0.39 is 0 Å². The molecule has 0 saturated carbocycles. The third-order valence-corrected chi connectivity index (χ3v) is 4.26. The van der Waals surface area contributed by atoms with E-state index in [2.05, 4.69) is 47.6 Å². The van der Waals surface area contributed by atoms with E-state index >= 15 is 0 Å². The predicted octanol–water partition coefficient (Wildman–Crippen LogP) is 1.14. The van der Waals surface area contributed by atoms with Crippen molar-refractivity contribution in [2.75, 3.05) is 0 Å². The van der Waals surface area contributed by atoms with Crippen molar-refractivity contribution in [2.24, 2.45) is 0 Å². The Hall–Kier alpha value is 0.193. The van der Waals surface area contributed by atoms with Crippen LogP contribution in [0.1, 0.15) is 65.5 Å². The molecule has 1 nitrogen and oxygen atoms in total. The topological polar surface area (TPSA) is 23.1 Å². The molecule has 0 unspecified atom stereocenters. The predicted molar refractivity (Wildman–Crippen MR) is 72.5 cm³/mol. The Bertz CT molecular complexity index is 400. The van der Waals surface area contributed by atoms with Crippen molar-refractivity contribution in [1.82, 2.24) is 0 Å². The third kappa shape index (κ3) is 4.90. The summed E-state index contributed by atoms with van der Waals surface area (Å²) < 4.78 is 0. The van der Waals surface area contributed by atoms with Crippen LogP contribution in [0, 0.1) is 0 Å². The van der Waals surface area contributed by atoms with Crippen molar-refractivity contribution in [3.63, 3.8) is 0 Å². The average Bonchev–Trinajstić information content (AvgIpc) is 2.29. The van der Waals surface area contributed by atoms with E-state index in [0.29, 0.717) is 0 Å². The molecule has 0 aliphatic heterocycles. The van der Waals surface area contributed by atoms with E-state index in [1.54, 1.807) is 6.07 Å². The second kappa shape index (κ2) is 7.84. The Kier molecular flexibility index (Phi) is 8.87. The normalized spacial score (nSPS) is 11.5. The van der Waals surface area contributed by atoms with Crippen LogP contribution in [0.4, 0.5) is 0 Å². The van der Waals surface area contributed by atoms with Gasteiger partial charge in [-0.05, 0) is 34.8 Å². The van der Waals surface area contributed by atoms with Crippen molar-refractivity contribution < 1.29 is 43.7 Å². The molecule has 0 heterocycles. The fraction of sp³-hybridized carbons (Fsp3) is 0.625. The summed E-state index contributed by atoms with van der Waals surface area (Å²) in [7, 11) is 0. The first-order valence-electron chi connectivity index (χ1n) is 6.56. The Morgan fingerprint density at radius 3 is 1.84 bits per heavy atom. The summed E-state index contributed by atoms with van der Waals surface area (Å²) in [5.74, 6) is 0.174. The molecule has 19 heavy (non-hydrogen) atoms. The summed E-state index contributed by atoms with van der Waals surface area (Å²) in [5, 5.41) is 12.0. The quantitative estimate of drug-likeness (QED) is 0.790.